The second kappa shape index (κ2) is 7.00. The van der Waals surface area contributed by atoms with E-state index in [9.17, 15) is 4.79 Å². The van der Waals surface area contributed by atoms with Gasteiger partial charge in [0.05, 0.1) is 25.2 Å². The number of nitrogens with zero attached hydrogens (tertiary/aromatic N) is 3. The molecule has 0 N–H and O–H groups in total. The smallest absolute Gasteiger partial charge is 0.223 e. The van der Waals surface area contributed by atoms with Crippen LogP contribution in [0.4, 0.5) is 0 Å². The molecular formula is C20H25N3O2. The summed E-state index contributed by atoms with van der Waals surface area (Å²) < 4.78 is 7.52. The van der Waals surface area contributed by atoms with E-state index in [0.717, 1.165) is 31.6 Å². The Labute approximate surface area is 148 Å². The summed E-state index contributed by atoms with van der Waals surface area (Å²) in [5.41, 5.74) is 3.93. The van der Waals surface area contributed by atoms with E-state index in [1.807, 2.05) is 17.4 Å². The lowest BCUT2D eigenvalue weighted by Gasteiger charge is -2.25. The second-order valence-electron chi connectivity index (χ2n) is 7.38. The number of imidazole rings is 1. The minimum absolute atomic E-state index is 0.258. The van der Waals surface area contributed by atoms with E-state index in [2.05, 4.69) is 33.8 Å². The Morgan fingerprint density at radius 3 is 2.68 bits per heavy atom. The number of hydrogen-bond acceptors (Lipinski definition) is 3. The largest absolute Gasteiger partial charge is 0.384 e. The van der Waals surface area contributed by atoms with E-state index in [4.69, 9.17) is 4.74 Å². The number of benzene rings is 1. The standard InChI is InChI=1S/C20H25N3O2/c1-25-13-16-10-22(12-19-9-21-14-23(19)11-16)20(24)8-15-6-17-4-2-3-5-18(17)7-15/h2-5,9,14-16H,6-8,10-13H2,1H3. The monoisotopic (exact) mass is 339 g/mol. The number of carbonyl (C=O) groups is 1. The molecule has 1 aliphatic heterocycles. The Morgan fingerprint density at radius 1 is 1.20 bits per heavy atom. The van der Waals surface area contributed by atoms with E-state index < -0.39 is 0 Å². The molecule has 132 valence electrons. The van der Waals surface area contributed by atoms with Gasteiger partial charge >= 0.3 is 0 Å². The molecule has 25 heavy (non-hydrogen) atoms. The zero-order chi connectivity index (χ0) is 17.2. The Kier molecular flexibility index (Phi) is 4.57. The molecule has 2 aliphatic rings. The summed E-state index contributed by atoms with van der Waals surface area (Å²) in [7, 11) is 1.72. The summed E-state index contributed by atoms with van der Waals surface area (Å²) >= 11 is 0. The first-order chi connectivity index (χ1) is 12.2. The van der Waals surface area contributed by atoms with Crippen LogP contribution in [0.5, 0.6) is 0 Å². The van der Waals surface area contributed by atoms with Crippen molar-refractivity contribution < 1.29 is 9.53 Å². The Morgan fingerprint density at radius 2 is 1.96 bits per heavy atom. The molecule has 0 saturated carbocycles. The van der Waals surface area contributed by atoms with Crippen molar-refractivity contribution in [2.75, 3.05) is 20.3 Å². The zero-order valence-corrected chi connectivity index (χ0v) is 14.7. The molecule has 0 spiro atoms. The van der Waals surface area contributed by atoms with Crippen LogP contribution >= 0.6 is 0 Å². The van der Waals surface area contributed by atoms with Gasteiger partial charge in [0.2, 0.25) is 5.91 Å². The van der Waals surface area contributed by atoms with Gasteiger partial charge in [-0.3, -0.25) is 4.79 Å². The van der Waals surface area contributed by atoms with Gasteiger partial charge in [-0.25, -0.2) is 4.98 Å². The highest BCUT2D eigenvalue weighted by Gasteiger charge is 2.29. The second-order valence-corrected chi connectivity index (χ2v) is 7.38. The van der Waals surface area contributed by atoms with Crippen LogP contribution in [0.1, 0.15) is 23.2 Å². The average Bonchev–Trinajstić information content (AvgIpc) is 3.16. The van der Waals surface area contributed by atoms with Crippen LogP contribution < -0.4 is 0 Å². The molecule has 0 fully saturated rings. The average molecular weight is 339 g/mol. The number of ether oxygens (including phenoxy) is 1. The highest BCUT2D eigenvalue weighted by molar-refractivity contribution is 5.76. The predicted octanol–water partition coefficient (Wildman–Crippen LogP) is 2.29. The quantitative estimate of drug-likeness (QED) is 0.859. The Bertz CT molecular complexity index is 730. The molecule has 5 heteroatoms. The molecular weight excluding hydrogens is 314 g/mol. The van der Waals surface area contributed by atoms with Crippen LogP contribution in [0, 0.1) is 11.8 Å². The summed E-state index contributed by atoms with van der Waals surface area (Å²) in [4.78, 5) is 19.3. The van der Waals surface area contributed by atoms with E-state index in [-0.39, 0.29) is 5.91 Å². The maximum atomic E-state index is 13.0. The lowest BCUT2D eigenvalue weighted by Crippen LogP contribution is -2.36. The van der Waals surface area contributed by atoms with Gasteiger partial charge < -0.3 is 14.2 Å². The van der Waals surface area contributed by atoms with Crippen molar-refractivity contribution >= 4 is 5.91 Å². The number of aromatic nitrogens is 2. The Balaban J connectivity index is 1.44. The van der Waals surface area contributed by atoms with E-state index in [0.29, 0.717) is 31.4 Å². The fraction of sp³-hybridized carbons (Fsp3) is 0.500. The molecule has 1 aliphatic carbocycles. The first-order valence-corrected chi connectivity index (χ1v) is 9.05. The minimum atomic E-state index is 0.258. The fourth-order valence-electron chi connectivity index (χ4n) is 4.25. The lowest BCUT2D eigenvalue weighted by molar-refractivity contribution is -0.133. The molecule has 1 atom stereocenters. The third-order valence-electron chi connectivity index (χ3n) is 5.44. The van der Waals surface area contributed by atoms with Crippen LogP contribution in [0.2, 0.25) is 0 Å². The van der Waals surface area contributed by atoms with Crippen molar-refractivity contribution in [2.45, 2.75) is 32.4 Å². The van der Waals surface area contributed by atoms with E-state index in [1.54, 1.807) is 7.11 Å². The van der Waals surface area contributed by atoms with E-state index in [1.165, 1.54) is 11.1 Å². The third-order valence-corrected chi connectivity index (χ3v) is 5.44. The SMILES string of the molecule is COCC1CN(C(=O)CC2Cc3ccccc3C2)Cc2cncn2C1. The van der Waals surface area contributed by atoms with Gasteiger partial charge in [0.15, 0.2) is 0 Å². The summed E-state index contributed by atoms with van der Waals surface area (Å²) in [5.74, 6) is 0.998. The number of carbonyl (C=O) groups excluding carboxylic acids is 1. The minimum Gasteiger partial charge on any atom is -0.384 e. The lowest BCUT2D eigenvalue weighted by atomic mass is 10.0. The molecule has 5 nitrogen and oxygen atoms in total. The molecule has 1 aromatic carbocycles. The summed E-state index contributed by atoms with van der Waals surface area (Å²) in [6.07, 6.45) is 6.41. The fourth-order valence-corrected chi connectivity index (χ4v) is 4.25. The molecule has 1 unspecified atom stereocenters. The third kappa shape index (κ3) is 3.47. The summed E-state index contributed by atoms with van der Waals surface area (Å²) in [6, 6.07) is 8.57. The van der Waals surface area contributed by atoms with Gasteiger partial charge in [-0.2, -0.15) is 0 Å². The number of rotatable bonds is 4. The number of hydrogen-bond donors (Lipinski definition) is 0. The van der Waals surface area contributed by atoms with Crippen LogP contribution in [-0.4, -0.2) is 40.6 Å². The summed E-state index contributed by atoms with van der Waals surface area (Å²) in [6.45, 7) is 2.94. The molecule has 2 heterocycles. The van der Waals surface area contributed by atoms with Crippen molar-refractivity contribution in [3.8, 4) is 0 Å². The van der Waals surface area contributed by atoms with Crippen molar-refractivity contribution in [2.24, 2.45) is 11.8 Å². The maximum Gasteiger partial charge on any atom is 0.223 e. The van der Waals surface area contributed by atoms with E-state index >= 15 is 0 Å². The molecule has 2 aromatic rings. The maximum absolute atomic E-state index is 13.0. The molecule has 0 saturated heterocycles. The van der Waals surface area contributed by atoms with Gasteiger partial charge in [-0.15, -0.1) is 0 Å². The molecule has 0 radical (unpaired) electrons. The molecule has 1 amide bonds. The van der Waals surface area contributed by atoms with Crippen LogP contribution in [0.15, 0.2) is 36.8 Å². The van der Waals surface area contributed by atoms with Gasteiger partial charge in [-0.1, -0.05) is 24.3 Å². The van der Waals surface area contributed by atoms with Gasteiger partial charge in [0.25, 0.3) is 0 Å². The summed E-state index contributed by atoms with van der Waals surface area (Å²) in [5, 5.41) is 0. The normalized spacial score (nSPS) is 20.2. The zero-order valence-electron chi connectivity index (χ0n) is 14.7. The van der Waals surface area contributed by atoms with Crippen molar-refractivity contribution in [1.82, 2.24) is 14.5 Å². The number of fused-ring (bicyclic) bond motifs is 2. The number of amides is 1. The Hall–Kier alpha value is -2.14. The van der Waals surface area contributed by atoms with Crippen LogP contribution in [0.3, 0.4) is 0 Å². The highest BCUT2D eigenvalue weighted by atomic mass is 16.5. The molecule has 0 bridgehead atoms. The topological polar surface area (TPSA) is 47.4 Å². The first kappa shape index (κ1) is 16.3. The van der Waals surface area contributed by atoms with Gasteiger partial charge in [0.1, 0.15) is 0 Å². The first-order valence-electron chi connectivity index (χ1n) is 9.05. The van der Waals surface area contributed by atoms with Gasteiger partial charge in [-0.05, 0) is 29.9 Å². The van der Waals surface area contributed by atoms with Crippen molar-refractivity contribution in [3.63, 3.8) is 0 Å². The predicted molar refractivity (Wildman–Crippen MR) is 95.0 cm³/mol. The van der Waals surface area contributed by atoms with Crippen LogP contribution in [0.25, 0.3) is 0 Å². The van der Waals surface area contributed by atoms with Crippen molar-refractivity contribution in [3.05, 3.63) is 53.6 Å². The number of methoxy groups -OCH3 is 1. The van der Waals surface area contributed by atoms with Crippen molar-refractivity contribution in [1.29, 1.82) is 0 Å². The van der Waals surface area contributed by atoms with Crippen LogP contribution in [-0.2, 0) is 35.5 Å². The molecule has 1 aromatic heterocycles. The van der Waals surface area contributed by atoms with Gasteiger partial charge in [0, 0.05) is 38.7 Å². The highest BCUT2D eigenvalue weighted by Crippen LogP contribution is 2.29. The molecule has 4 rings (SSSR count).